The minimum Gasteiger partial charge on any atom is -0.363 e. The van der Waals surface area contributed by atoms with E-state index in [0.717, 1.165) is 10.7 Å². The Morgan fingerprint density at radius 3 is 2.87 bits per heavy atom. The molecule has 0 bridgehead atoms. The summed E-state index contributed by atoms with van der Waals surface area (Å²) in [6.45, 7) is 0. The molecular weight excluding hydrogens is 212 g/mol. The van der Waals surface area contributed by atoms with E-state index in [-0.39, 0.29) is 5.01 Å². The largest absolute Gasteiger partial charge is 0.363 e. The molecule has 0 spiro atoms. The van der Waals surface area contributed by atoms with Gasteiger partial charge in [-0.2, -0.15) is 0 Å². The van der Waals surface area contributed by atoms with Gasteiger partial charge in [0, 0.05) is 18.3 Å². The molecule has 0 aliphatic carbocycles. The Morgan fingerprint density at radius 1 is 1.40 bits per heavy atom. The van der Waals surface area contributed by atoms with E-state index in [0.29, 0.717) is 6.42 Å². The third-order valence-corrected chi connectivity index (χ3v) is 2.67. The van der Waals surface area contributed by atoms with E-state index in [1.54, 1.807) is 6.20 Å². The molecule has 76 valence electrons. The second-order valence-electron chi connectivity index (χ2n) is 2.86. The lowest BCUT2D eigenvalue weighted by atomic mass is 10.3. The zero-order valence-electron chi connectivity index (χ0n) is 7.75. The molecule has 0 radical (unpaired) electrons. The van der Waals surface area contributed by atoms with Crippen LogP contribution in [0.4, 0.5) is 0 Å². The number of primary amides is 1. The van der Waals surface area contributed by atoms with Crippen molar-refractivity contribution in [2.45, 2.75) is 6.42 Å². The van der Waals surface area contributed by atoms with Crippen molar-refractivity contribution in [1.29, 1.82) is 0 Å². The molecule has 0 aliphatic rings. The molecule has 0 saturated heterocycles. The maximum atomic E-state index is 10.8. The Kier molecular flexibility index (Phi) is 2.68. The summed E-state index contributed by atoms with van der Waals surface area (Å²) in [6.07, 6.45) is 2.29. The highest BCUT2D eigenvalue weighted by Gasteiger charge is 2.09. The highest BCUT2D eigenvalue weighted by Crippen LogP contribution is 2.12. The molecule has 2 heterocycles. The van der Waals surface area contributed by atoms with E-state index >= 15 is 0 Å². The summed E-state index contributed by atoms with van der Waals surface area (Å²) >= 11 is 1.20. The van der Waals surface area contributed by atoms with E-state index in [2.05, 4.69) is 15.2 Å². The molecule has 0 fully saturated rings. The van der Waals surface area contributed by atoms with Crippen molar-refractivity contribution in [3.63, 3.8) is 0 Å². The van der Waals surface area contributed by atoms with Crippen molar-refractivity contribution in [2.75, 3.05) is 0 Å². The molecule has 2 aromatic rings. The number of aromatic nitrogens is 3. The molecule has 0 aliphatic heterocycles. The number of pyridine rings is 1. The summed E-state index contributed by atoms with van der Waals surface area (Å²) in [5.41, 5.74) is 5.97. The third-order valence-electron chi connectivity index (χ3n) is 1.74. The Morgan fingerprint density at radius 2 is 2.27 bits per heavy atom. The van der Waals surface area contributed by atoms with Gasteiger partial charge in [0.1, 0.15) is 5.01 Å². The molecule has 6 heteroatoms. The first kappa shape index (κ1) is 9.72. The van der Waals surface area contributed by atoms with Gasteiger partial charge in [0.2, 0.25) is 5.01 Å². The van der Waals surface area contributed by atoms with Gasteiger partial charge >= 0.3 is 0 Å². The van der Waals surface area contributed by atoms with Crippen molar-refractivity contribution < 1.29 is 4.79 Å². The van der Waals surface area contributed by atoms with Crippen LogP contribution in [0.5, 0.6) is 0 Å². The van der Waals surface area contributed by atoms with Gasteiger partial charge in [-0.1, -0.05) is 17.4 Å². The molecule has 2 N–H and O–H groups in total. The van der Waals surface area contributed by atoms with Gasteiger partial charge in [0.25, 0.3) is 5.91 Å². The molecule has 5 nitrogen and oxygen atoms in total. The predicted molar refractivity (Wildman–Crippen MR) is 55.5 cm³/mol. The van der Waals surface area contributed by atoms with Gasteiger partial charge < -0.3 is 5.73 Å². The summed E-state index contributed by atoms with van der Waals surface area (Å²) < 4.78 is 0. The first-order chi connectivity index (χ1) is 7.25. The van der Waals surface area contributed by atoms with Crippen molar-refractivity contribution in [2.24, 2.45) is 5.73 Å². The summed E-state index contributed by atoms with van der Waals surface area (Å²) in [7, 11) is 0. The van der Waals surface area contributed by atoms with E-state index in [1.807, 2.05) is 18.2 Å². The van der Waals surface area contributed by atoms with Gasteiger partial charge in [0.05, 0.1) is 0 Å². The SMILES string of the molecule is NC(=O)c1nnc(Cc2ccccn2)s1. The molecule has 2 aromatic heterocycles. The van der Waals surface area contributed by atoms with Gasteiger partial charge in [-0.15, -0.1) is 10.2 Å². The van der Waals surface area contributed by atoms with E-state index < -0.39 is 5.91 Å². The third kappa shape index (κ3) is 2.35. The molecule has 0 atom stereocenters. The van der Waals surface area contributed by atoms with Crippen molar-refractivity contribution in [1.82, 2.24) is 15.2 Å². The molecular formula is C9H8N4OS. The predicted octanol–water partition coefficient (Wildman–Crippen LogP) is 0.623. The van der Waals surface area contributed by atoms with E-state index in [4.69, 9.17) is 5.73 Å². The summed E-state index contributed by atoms with van der Waals surface area (Å²) in [6, 6.07) is 5.64. The molecule has 0 saturated carbocycles. The lowest BCUT2D eigenvalue weighted by Gasteiger charge is -1.93. The Bertz CT molecular complexity index is 468. The molecule has 1 amide bonds. The second-order valence-corrected chi connectivity index (χ2v) is 3.93. The molecule has 0 unspecified atom stereocenters. The number of nitrogens with two attached hydrogens (primary N) is 1. The topological polar surface area (TPSA) is 81.8 Å². The quantitative estimate of drug-likeness (QED) is 0.822. The minimum atomic E-state index is -0.542. The number of carbonyl (C=O) groups excluding carboxylic acids is 1. The summed E-state index contributed by atoms with van der Waals surface area (Å²) in [4.78, 5) is 14.9. The zero-order valence-corrected chi connectivity index (χ0v) is 8.57. The highest BCUT2D eigenvalue weighted by atomic mass is 32.1. The van der Waals surface area contributed by atoms with Crippen molar-refractivity contribution in [3.05, 3.63) is 40.1 Å². The van der Waals surface area contributed by atoms with Crippen LogP contribution in [0.3, 0.4) is 0 Å². The normalized spacial score (nSPS) is 10.1. The smallest absolute Gasteiger partial charge is 0.279 e. The Labute approximate surface area is 90.0 Å². The fourth-order valence-electron chi connectivity index (χ4n) is 1.08. The standard InChI is InChI=1S/C9H8N4OS/c10-8(14)9-13-12-7(15-9)5-6-3-1-2-4-11-6/h1-4H,5H2,(H2,10,14). The lowest BCUT2D eigenvalue weighted by molar-refractivity contribution is 0.0999. The fourth-order valence-corrected chi connectivity index (χ4v) is 1.79. The van der Waals surface area contributed by atoms with Crippen LogP contribution < -0.4 is 5.73 Å². The van der Waals surface area contributed by atoms with Gasteiger partial charge in [-0.25, -0.2) is 0 Å². The fraction of sp³-hybridized carbons (Fsp3) is 0.111. The van der Waals surface area contributed by atoms with Crippen LogP contribution in [0.2, 0.25) is 0 Å². The number of amides is 1. The molecule has 15 heavy (non-hydrogen) atoms. The first-order valence-electron chi connectivity index (χ1n) is 4.28. The summed E-state index contributed by atoms with van der Waals surface area (Å²) in [5.74, 6) is -0.542. The van der Waals surface area contributed by atoms with Gasteiger partial charge in [-0.05, 0) is 12.1 Å². The van der Waals surface area contributed by atoms with Crippen molar-refractivity contribution in [3.8, 4) is 0 Å². The number of hydrogen-bond acceptors (Lipinski definition) is 5. The van der Waals surface area contributed by atoms with E-state index in [1.165, 1.54) is 11.3 Å². The Balaban J connectivity index is 2.15. The average Bonchev–Trinajstić information content (AvgIpc) is 2.68. The van der Waals surface area contributed by atoms with Gasteiger partial charge in [0.15, 0.2) is 0 Å². The number of hydrogen-bond donors (Lipinski definition) is 1. The first-order valence-corrected chi connectivity index (χ1v) is 5.09. The number of rotatable bonds is 3. The van der Waals surface area contributed by atoms with Crippen LogP contribution in [0.15, 0.2) is 24.4 Å². The van der Waals surface area contributed by atoms with Gasteiger partial charge in [-0.3, -0.25) is 9.78 Å². The van der Waals surface area contributed by atoms with Crippen LogP contribution in [-0.2, 0) is 6.42 Å². The van der Waals surface area contributed by atoms with Crippen LogP contribution >= 0.6 is 11.3 Å². The number of nitrogens with zero attached hydrogens (tertiary/aromatic N) is 3. The van der Waals surface area contributed by atoms with Crippen molar-refractivity contribution >= 4 is 17.2 Å². The zero-order chi connectivity index (χ0) is 10.7. The second kappa shape index (κ2) is 4.14. The monoisotopic (exact) mass is 220 g/mol. The van der Waals surface area contributed by atoms with Crippen LogP contribution in [0.25, 0.3) is 0 Å². The lowest BCUT2D eigenvalue weighted by Crippen LogP contribution is -2.10. The van der Waals surface area contributed by atoms with E-state index in [9.17, 15) is 4.79 Å². The average molecular weight is 220 g/mol. The molecule has 0 aromatic carbocycles. The van der Waals surface area contributed by atoms with Crippen LogP contribution in [0, 0.1) is 0 Å². The number of carbonyl (C=O) groups is 1. The highest BCUT2D eigenvalue weighted by molar-refractivity contribution is 7.13. The maximum Gasteiger partial charge on any atom is 0.279 e. The van der Waals surface area contributed by atoms with Crippen LogP contribution in [0.1, 0.15) is 20.5 Å². The minimum absolute atomic E-state index is 0.237. The summed E-state index contributed by atoms with van der Waals surface area (Å²) in [5, 5.41) is 8.51. The maximum absolute atomic E-state index is 10.8. The van der Waals surface area contributed by atoms with Crippen LogP contribution in [-0.4, -0.2) is 21.1 Å². The Hall–Kier alpha value is -1.82. The molecule has 2 rings (SSSR count).